The number of halogens is 1. The summed E-state index contributed by atoms with van der Waals surface area (Å²) in [6.07, 6.45) is -0.549. The van der Waals surface area contributed by atoms with Crippen LogP contribution in [0.15, 0.2) is 10.5 Å². The molecule has 0 aliphatic carbocycles. The summed E-state index contributed by atoms with van der Waals surface area (Å²) in [6, 6.07) is 1.89. The molecule has 2 N–H and O–H groups in total. The highest BCUT2D eigenvalue weighted by atomic mass is 79.9. The summed E-state index contributed by atoms with van der Waals surface area (Å²) in [5, 5.41) is 13.0. The van der Waals surface area contributed by atoms with Crippen LogP contribution >= 0.6 is 15.9 Å². The van der Waals surface area contributed by atoms with Crippen LogP contribution < -0.4 is 14.8 Å². The van der Waals surface area contributed by atoms with E-state index >= 15 is 0 Å². The van der Waals surface area contributed by atoms with Crippen LogP contribution in [0.5, 0.6) is 11.5 Å². The van der Waals surface area contributed by atoms with Gasteiger partial charge in [0, 0.05) is 12.1 Å². The Morgan fingerprint density at radius 1 is 1.41 bits per heavy atom. The van der Waals surface area contributed by atoms with Gasteiger partial charge in [-0.05, 0) is 41.5 Å². The van der Waals surface area contributed by atoms with Gasteiger partial charge in [0.2, 0.25) is 0 Å². The Morgan fingerprint density at radius 2 is 2.06 bits per heavy atom. The number of aliphatic hydroxyl groups excluding tert-OH is 1. The smallest absolute Gasteiger partial charge is 0.175 e. The molecule has 94 valence electrons. The van der Waals surface area contributed by atoms with Crippen molar-refractivity contribution in [1.82, 2.24) is 5.32 Å². The lowest BCUT2D eigenvalue weighted by Gasteiger charge is -2.24. The van der Waals surface area contributed by atoms with Gasteiger partial charge in [-0.25, -0.2) is 0 Å². The summed E-state index contributed by atoms with van der Waals surface area (Å²) < 4.78 is 12.0. The first-order valence-corrected chi connectivity index (χ1v) is 6.35. The molecule has 0 bridgehead atoms. The Bertz CT molecular complexity index is 423. The highest BCUT2D eigenvalue weighted by Gasteiger charge is 2.22. The van der Waals surface area contributed by atoms with Crippen molar-refractivity contribution >= 4 is 15.9 Å². The van der Waals surface area contributed by atoms with Crippen LogP contribution in [0.25, 0.3) is 0 Å². The first-order chi connectivity index (χ1) is 8.15. The molecule has 0 radical (unpaired) electrons. The normalized spacial score (nSPS) is 15.8. The zero-order valence-electron chi connectivity index (χ0n) is 9.92. The summed E-state index contributed by atoms with van der Waals surface area (Å²) in [5.41, 5.74) is 1.79. The van der Waals surface area contributed by atoms with E-state index in [1.54, 1.807) is 0 Å². The van der Waals surface area contributed by atoms with Crippen molar-refractivity contribution in [3.05, 3.63) is 21.7 Å². The molecule has 1 aliphatic rings. The van der Waals surface area contributed by atoms with Gasteiger partial charge in [-0.3, -0.25) is 0 Å². The van der Waals surface area contributed by atoms with Gasteiger partial charge in [-0.1, -0.05) is 0 Å². The zero-order valence-corrected chi connectivity index (χ0v) is 11.5. The largest absolute Gasteiger partial charge is 0.486 e. The fraction of sp³-hybridized carbons (Fsp3) is 0.500. The molecule has 1 heterocycles. The monoisotopic (exact) mass is 301 g/mol. The molecular weight excluding hydrogens is 286 g/mol. The molecule has 1 aliphatic heterocycles. The van der Waals surface area contributed by atoms with Crippen molar-refractivity contribution in [2.75, 3.05) is 26.8 Å². The maximum absolute atomic E-state index is 10.0. The minimum atomic E-state index is -0.549. The lowest BCUT2D eigenvalue weighted by Crippen LogP contribution is -2.20. The van der Waals surface area contributed by atoms with E-state index in [1.165, 1.54) is 0 Å². The maximum Gasteiger partial charge on any atom is 0.175 e. The lowest BCUT2D eigenvalue weighted by atomic mass is 10.0. The fourth-order valence-electron chi connectivity index (χ4n) is 1.97. The van der Waals surface area contributed by atoms with Crippen molar-refractivity contribution in [3.8, 4) is 11.5 Å². The van der Waals surface area contributed by atoms with Crippen molar-refractivity contribution in [1.29, 1.82) is 0 Å². The molecule has 0 saturated heterocycles. The highest BCUT2D eigenvalue weighted by molar-refractivity contribution is 9.10. The van der Waals surface area contributed by atoms with E-state index in [4.69, 9.17) is 9.47 Å². The van der Waals surface area contributed by atoms with E-state index in [9.17, 15) is 5.11 Å². The molecular formula is C12H16BrNO3. The fourth-order valence-corrected chi connectivity index (χ4v) is 2.51. The number of fused-ring (bicyclic) bond motifs is 1. The Morgan fingerprint density at radius 3 is 2.71 bits per heavy atom. The second-order valence-corrected chi connectivity index (χ2v) is 4.86. The minimum Gasteiger partial charge on any atom is -0.486 e. The molecule has 0 fully saturated rings. The summed E-state index contributed by atoms with van der Waals surface area (Å²) >= 11 is 3.45. The molecule has 0 saturated carbocycles. The van der Waals surface area contributed by atoms with Crippen molar-refractivity contribution in [2.24, 2.45) is 0 Å². The minimum absolute atomic E-state index is 0.507. The van der Waals surface area contributed by atoms with E-state index in [0.717, 1.165) is 27.1 Å². The van der Waals surface area contributed by atoms with Gasteiger partial charge >= 0.3 is 0 Å². The average Bonchev–Trinajstić information content (AvgIpc) is 2.34. The number of nitrogens with one attached hydrogen (secondary N) is 1. The van der Waals surface area contributed by atoms with Crippen LogP contribution in [0, 0.1) is 6.92 Å². The molecule has 5 heteroatoms. The topological polar surface area (TPSA) is 50.7 Å². The molecule has 2 rings (SSSR count). The molecule has 1 atom stereocenters. The van der Waals surface area contributed by atoms with Crippen LogP contribution in [0.2, 0.25) is 0 Å². The van der Waals surface area contributed by atoms with Gasteiger partial charge in [-0.2, -0.15) is 0 Å². The molecule has 0 aromatic heterocycles. The number of aliphatic hydroxyl groups is 1. The second kappa shape index (κ2) is 5.25. The van der Waals surface area contributed by atoms with Crippen molar-refractivity contribution < 1.29 is 14.6 Å². The number of rotatable bonds is 3. The van der Waals surface area contributed by atoms with E-state index in [0.29, 0.717) is 19.8 Å². The average molecular weight is 302 g/mol. The summed E-state index contributed by atoms with van der Waals surface area (Å²) in [4.78, 5) is 0. The maximum atomic E-state index is 10.0. The van der Waals surface area contributed by atoms with Crippen LogP contribution in [-0.2, 0) is 0 Å². The second-order valence-electron chi connectivity index (χ2n) is 4.00. The van der Waals surface area contributed by atoms with Gasteiger partial charge < -0.3 is 19.9 Å². The summed E-state index contributed by atoms with van der Waals surface area (Å²) in [5.74, 6) is 1.46. The molecule has 1 aromatic rings. The Labute approximate surface area is 109 Å². The first-order valence-electron chi connectivity index (χ1n) is 5.56. The van der Waals surface area contributed by atoms with E-state index < -0.39 is 6.10 Å². The third-order valence-corrected chi connectivity index (χ3v) is 3.40. The molecule has 0 amide bonds. The molecule has 1 aromatic carbocycles. The number of hydrogen-bond donors (Lipinski definition) is 2. The van der Waals surface area contributed by atoms with Gasteiger partial charge in [0.1, 0.15) is 13.2 Å². The summed E-state index contributed by atoms with van der Waals surface area (Å²) in [6.45, 7) is 3.55. The van der Waals surface area contributed by atoms with Crippen LogP contribution in [0.4, 0.5) is 0 Å². The molecule has 0 spiro atoms. The third kappa shape index (κ3) is 2.41. The SMILES string of the molecule is CNCC(O)c1cc(Br)c2c(c1C)OCCO2. The highest BCUT2D eigenvalue weighted by Crippen LogP contribution is 2.43. The van der Waals surface area contributed by atoms with Crippen LogP contribution in [0.3, 0.4) is 0 Å². The van der Waals surface area contributed by atoms with Crippen molar-refractivity contribution in [2.45, 2.75) is 13.0 Å². The predicted octanol–water partition coefficient (Wildman–Crippen LogP) is 1.78. The standard InChI is InChI=1S/C12H16BrNO3/c1-7-8(10(15)6-14-2)5-9(13)12-11(7)16-3-4-17-12/h5,10,14-15H,3-4,6H2,1-2H3. The van der Waals surface area contributed by atoms with Crippen molar-refractivity contribution in [3.63, 3.8) is 0 Å². The van der Waals surface area contributed by atoms with Crippen LogP contribution in [-0.4, -0.2) is 31.9 Å². The lowest BCUT2D eigenvalue weighted by molar-refractivity contribution is 0.161. The van der Waals surface area contributed by atoms with Crippen LogP contribution in [0.1, 0.15) is 17.2 Å². The quantitative estimate of drug-likeness (QED) is 0.894. The van der Waals surface area contributed by atoms with E-state index in [2.05, 4.69) is 21.2 Å². The Balaban J connectivity index is 2.44. The number of likely N-dealkylation sites (N-methyl/N-ethyl adjacent to an activating group) is 1. The summed E-state index contributed by atoms with van der Waals surface area (Å²) in [7, 11) is 1.81. The predicted molar refractivity (Wildman–Crippen MR) is 68.8 cm³/mol. The molecule has 1 unspecified atom stereocenters. The Kier molecular flexibility index (Phi) is 3.91. The van der Waals surface area contributed by atoms with E-state index in [1.807, 2.05) is 20.0 Å². The first kappa shape index (κ1) is 12.7. The molecule has 4 nitrogen and oxygen atoms in total. The van der Waals surface area contributed by atoms with E-state index in [-0.39, 0.29) is 0 Å². The number of ether oxygens (including phenoxy) is 2. The molecule has 17 heavy (non-hydrogen) atoms. The number of hydrogen-bond acceptors (Lipinski definition) is 4. The van der Waals surface area contributed by atoms with Gasteiger partial charge in [0.05, 0.1) is 10.6 Å². The Hall–Kier alpha value is -0.780. The third-order valence-electron chi connectivity index (χ3n) is 2.81. The van der Waals surface area contributed by atoms with Gasteiger partial charge in [0.25, 0.3) is 0 Å². The van der Waals surface area contributed by atoms with Gasteiger partial charge in [-0.15, -0.1) is 0 Å². The number of benzene rings is 1. The van der Waals surface area contributed by atoms with Gasteiger partial charge in [0.15, 0.2) is 11.5 Å². The zero-order chi connectivity index (χ0) is 12.4.